The Morgan fingerprint density at radius 3 is 2.82 bits per heavy atom. The largest absolute Gasteiger partial charge is 0.442 e. The number of carbonyl (C=O) groups excluding carboxylic acids is 1. The van der Waals surface area contributed by atoms with Crippen LogP contribution in [0.5, 0.6) is 0 Å². The van der Waals surface area contributed by atoms with Crippen molar-refractivity contribution in [2.45, 2.75) is 12.1 Å². The molecule has 2 atom stereocenters. The lowest BCUT2D eigenvalue weighted by molar-refractivity contribution is 0.127. The Hall–Kier alpha value is -0.770. The van der Waals surface area contributed by atoms with Gasteiger partial charge in [0.1, 0.15) is 6.10 Å². The van der Waals surface area contributed by atoms with E-state index >= 15 is 0 Å². The van der Waals surface area contributed by atoms with Crippen LogP contribution in [-0.4, -0.2) is 55.2 Å². The summed E-state index contributed by atoms with van der Waals surface area (Å²) in [6, 6.07) is 0.285. The standard InChI is InChI=1S/C7H12N2O2/c1-8-3-5-6(4-8)11-7(10)9(5)2/h5-6H,3-4H2,1-2H3. The average molecular weight is 156 g/mol. The highest BCUT2D eigenvalue weighted by atomic mass is 16.6. The van der Waals surface area contributed by atoms with E-state index in [0.29, 0.717) is 0 Å². The molecule has 2 unspecified atom stereocenters. The highest BCUT2D eigenvalue weighted by Crippen LogP contribution is 2.23. The van der Waals surface area contributed by atoms with Crippen LogP contribution >= 0.6 is 0 Å². The van der Waals surface area contributed by atoms with Crippen LogP contribution in [-0.2, 0) is 4.74 Å². The third kappa shape index (κ3) is 0.894. The Labute approximate surface area is 65.7 Å². The van der Waals surface area contributed by atoms with Crippen LogP contribution in [0.3, 0.4) is 0 Å². The van der Waals surface area contributed by atoms with Crippen molar-refractivity contribution in [3.8, 4) is 0 Å². The summed E-state index contributed by atoms with van der Waals surface area (Å²) in [5, 5.41) is 0. The van der Waals surface area contributed by atoms with Gasteiger partial charge in [-0.1, -0.05) is 0 Å². The van der Waals surface area contributed by atoms with Crippen molar-refractivity contribution >= 4 is 6.09 Å². The zero-order valence-electron chi connectivity index (χ0n) is 6.78. The van der Waals surface area contributed by atoms with Crippen molar-refractivity contribution in [3.63, 3.8) is 0 Å². The highest BCUT2D eigenvalue weighted by Gasteiger charge is 2.44. The Bertz CT molecular complexity index is 195. The molecule has 2 aliphatic rings. The maximum absolute atomic E-state index is 11.0. The average Bonchev–Trinajstić information content (AvgIpc) is 2.37. The molecule has 4 heteroatoms. The minimum Gasteiger partial charge on any atom is -0.442 e. The molecule has 1 amide bonds. The number of carbonyl (C=O) groups is 1. The molecule has 2 heterocycles. The van der Waals surface area contributed by atoms with Gasteiger partial charge in [-0.3, -0.25) is 0 Å². The number of hydrogen-bond acceptors (Lipinski definition) is 3. The second-order valence-corrected chi connectivity index (χ2v) is 3.32. The molecular weight excluding hydrogens is 144 g/mol. The number of rotatable bonds is 0. The van der Waals surface area contributed by atoms with Crippen LogP contribution in [0.1, 0.15) is 0 Å². The molecule has 2 fully saturated rings. The number of amides is 1. The zero-order chi connectivity index (χ0) is 8.01. The quantitative estimate of drug-likeness (QED) is 0.485. The molecule has 0 aliphatic carbocycles. The lowest BCUT2D eigenvalue weighted by atomic mass is 10.2. The molecule has 0 saturated carbocycles. The fraction of sp³-hybridized carbons (Fsp3) is 0.857. The van der Waals surface area contributed by atoms with Gasteiger partial charge in [-0.2, -0.15) is 0 Å². The van der Waals surface area contributed by atoms with Gasteiger partial charge in [-0.15, -0.1) is 0 Å². The molecule has 0 aromatic rings. The second kappa shape index (κ2) is 2.11. The van der Waals surface area contributed by atoms with E-state index in [0.717, 1.165) is 13.1 Å². The van der Waals surface area contributed by atoms with Gasteiger partial charge in [0.05, 0.1) is 6.04 Å². The molecule has 62 valence electrons. The van der Waals surface area contributed by atoms with Crippen molar-refractivity contribution in [1.82, 2.24) is 9.80 Å². The van der Waals surface area contributed by atoms with Crippen LogP contribution in [0, 0.1) is 0 Å². The second-order valence-electron chi connectivity index (χ2n) is 3.32. The summed E-state index contributed by atoms with van der Waals surface area (Å²) >= 11 is 0. The molecule has 2 saturated heterocycles. The minimum atomic E-state index is -0.173. The smallest absolute Gasteiger partial charge is 0.410 e. The van der Waals surface area contributed by atoms with Gasteiger partial charge < -0.3 is 14.5 Å². The molecule has 0 radical (unpaired) electrons. The van der Waals surface area contributed by atoms with Gasteiger partial charge in [0.15, 0.2) is 0 Å². The van der Waals surface area contributed by atoms with Crippen LogP contribution in [0.2, 0.25) is 0 Å². The lowest BCUT2D eigenvalue weighted by Gasteiger charge is -2.14. The first-order valence-electron chi connectivity index (χ1n) is 3.80. The van der Waals surface area contributed by atoms with Gasteiger partial charge in [0.25, 0.3) is 0 Å². The maximum atomic E-state index is 11.0. The van der Waals surface area contributed by atoms with Crippen molar-refractivity contribution in [2.75, 3.05) is 27.2 Å². The van der Waals surface area contributed by atoms with E-state index in [1.807, 2.05) is 7.05 Å². The van der Waals surface area contributed by atoms with E-state index in [2.05, 4.69) is 4.90 Å². The van der Waals surface area contributed by atoms with Crippen molar-refractivity contribution in [3.05, 3.63) is 0 Å². The summed E-state index contributed by atoms with van der Waals surface area (Å²) in [6.45, 7) is 1.81. The van der Waals surface area contributed by atoms with E-state index in [1.54, 1.807) is 11.9 Å². The van der Waals surface area contributed by atoms with E-state index < -0.39 is 0 Å². The molecule has 0 bridgehead atoms. The van der Waals surface area contributed by atoms with E-state index in [-0.39, 0.29) is 18.2 Å². The summed E-state index contributed by atoms with van der Waals surface area (Å²) in [4.78, 5) is 14.8. The summed E-state index contributed by atoms with van der Waals surface area (Å²) in [7, 11) is 3.84. The fourth-order valence-corrected chi connectivity index (χ4v) is 1.78. The van der Waals surface area contributed by atoms with Gasteiger partial charge in [-0.25, -0.2) is 4.79 Å². The van der Waals surface area contributed by atoms with E-state index in [9.17, 15) is 4.79 Å². The number of likely N-dealkylation sites (tertiary alicyclic amines) is 1. The normalized spacial score (nSPS) is 37.6. The lowest BCUT2D eigenvalue weighted by Crippen LogP contribution is -2.33. The Kier molecular flexibility index (Phi) is 1.32. The monoisotopic (exact) mass is 156 g/mol. The number of likely N-dealkylation sites (N-methyl/N-ethyl adjacent to an activating group) is 2. The topological polar surface area (TPSA) is 32.8 Å². The highest BCUT2D eigenvalue weighted by molar-refractivity contribution is 5.70. The van der Waals surface area contributed by atoms with Crippen molar-refractivity contribution < 1.29 is 9.53 Å². The summed E-state index contributed by atoms with van der Waals surface area (Å²) in [5.74, 6) is 0. The number of ether oxygens (including phenoxy) is 1. The molecule has 11 heavy (non-hydrogen) atoms. The van der Waals surface area contributed by atoms with Crippen molar-refractivity contribution in [2.24, 2.45) is 0 Å². The number of fused-ring (bicyclic) bond motifs is 1. The SMILES string of the molecule is CN1CC2OC(=O)N(C)C2C1. The van der Waals surface area contributed by atoms with Gasteiger partial charge >= 0.3 is 6.09 Å². The van der Waals surface area contributed by atoms with Gasteiger partial charge in [-0.05, 0) is 7.05 Å². The Morgan fingerprint density at radius 1 is 1.45 bits per heavy atom. The first-order valence-corrected chi connectivity index (χ1v) is 3.80. The molecular formula is C7H12N2O2. The van der Waals surface area contributed by atoms with E-state index in [1.165, 1.54) is 0 Å². The molecule has 0 aromatic carbocycles. The summed E-state index contributed by atoms with van der Waals surface area (Å²) < 4.78 is 5.11. The number of nitrogens with zero attached hydrogens (tertiary/aromatic N) is 2. The fourth-order valence-electron chi connectivity index (χ4n) is 1.78. The first kappa shape index (κ1) is 6.91. The molecule has 2 aliphatic heterocycles. The Balaban J connectivity index is 2.13. The summed E-state index contributed by atoms with van der Waals surface area (Å²) in [5.41, 5.74) is 0. The molecule has 2 rings (SSSR count). The van der Waals surface area contributed by atoms with Gasteiger partial charge in [0, 0.05) is 20.1 Å². The van der Waals surface area contributed by atoms with E-state index in [4.69, 9.17) is 4.74 Å². The molecule has 0 N–H and O–H groups in total. The maximum Gasteiger partial charge on any atom is 0.410 e. The number of hydrogen-bond donors (Lipinski definition) is 0. The predicted octanol–water partition coefficient (Wildman–Crippen LogP) is -0.249. The molecule has 4 nitrogen and oxygen atoms in total. The molecule has 0 spiro atoms. The van der Waals surface area contributed by atoms with Crippen LogP contribution in [0.15, 0.2) is 0 Å². The molecule has 0 aromatic heterocycles. The predicted molar refractivity (Wildman–Crippen MR) is 39.3 cm³/mol. The van der Waals surface area contributed by atoms with Crippen LogP contribution in [0.4, 0.5) is 4.79 Å². The first-order chi connectivity index (χ1) is 5.18. The third-order valence-electron chi connectivity index (χ3n) is 2.46. The minimum absolute atomic E-state index is 0.109. The third-order valence-corrected chi connectivity index (χ3v) is 2.46. The van der Waals surface area contributed by atoms with Crippen LogP contribution < -0.4 is 0 Å². The van der Waals surface area contributed by atoms with Crippen molar-refractivity contribution in [1.29, 1.82) is 0 Å². The summed E-state index contributed by atoms with van der Waals surface area (Å²) in [6.07, 6.45) is -0.0643. The van der Waals surface area contributed by atoms with Gasteiger partial charge in [0.2, 0.25) is 0 Å². The zero-order valence-corrected chi connectivity index (χ0v) is 6.78. The van der Waals surface area contributed by atoms with Crippen LogP contribution in [0.25, 0.3) is 0 Å². The Morgan fingerprint density at radius 2 is 2.18 bits per heavy atom.